The van der Waals surface area contributed by atoms with Gasteiger partial charge in [0.1, 0.15) is 6.04 Å². The van der Waals surface area contributed by atoms with E-state index in [-0.39, 0.29) is 17.9 Å². The Labute approximate surface area is 135 Å². The maximum Gasteiger partial charge on any atom is 0.320 e. The highest BCUT2D eigenvalue weighted by molar-refractivity contribution is 7.89. The highest BCUT2D eigenvalue weighted by Gasteiger charge is 2.25. The minimum Gasteiger partial charge on any atom is -0.480 e. The molecular weight excluding hydrogens is 320 g/mol. The normalized spacial score (nSPS) is 12.6. The minimum absolute atomic E-state index is 0.00210. The Morgan fingerprint density at radius 2 is 1.87 bits per heavy atom. The fraction of sp³-hybridized carbons (Fsp3) is 0.429. The van der Waals surface area contributed by atoms with Gasteiger partial charge in [-0.3, -0.25) is 10.2 Å². The van der Waals surface area contributed by atoms with Crippen molar-refractivity contribution in [2.24, 2.45) is 11.5 Å². The third-order valence-corrected chi connectivity index (χ3v) is 5.15. The van der Waals surface area contributed by atoms with Crippen LogP contribution < -0.4 is 11.5 Å². The topological polar surface area (TPSA) is 151 Å². The molecule has 0 fully saturated rings. The highest BCUT2D eigenvalue weighted by atomic mass is 32.2. The Bertz CT molecular complexity index is 658. The second kappa shape index (κ2) is 7.93. The SMILES string of the molecule is Cc1ccc(S(=O)(=O)N(CCCC[C@H](N)C(=O)O)C(=N)N)cc1. The molecular formula is C14H22N4O4S. The second-order valence-electron chi connectivity index (χ2n) is 5.22. The lowest BCUT2D eigenvalue weighted by atomic mass is 10.1. The number of carbonyl (C=O) groups is 1. The molecule has 0 aromatic heterocycles. The molecule has 0 aliphatic heterocycles. The Morgan fingerprint density at radius 3 is 2.35 bits per heavy atom. The number of rotatable bonds is 8. The average molecular weight is 342 g/mol. The number of carboxylic acid groups (broad SMARTS) is 1. The number of nitrogens with zero attached hydrogens (tertiary/aromatic N) is 1. The molecule has 6 N–H and O–H groups in total. The van der Waals surface area contributed by atoms with Crippen LogP contribution in [0.5, 0.6) is 0 Å². The van der Waals surface area contributed by atoms with E-state index in [2.05, 4.69) is 0 Å². The van der Waals surface area contributed by atoms with Crippen LogP contribution in [0.15, 0.2) is 29.2 Å². The van der Waals surface area contributed by atoms with Crippen LogP contribution in [0, 0.1) is 12.3 Å². The van der Waals surface area contributed by atoms with Gasteiger partial charge in [-0.2, -0.15) is 0 Å². The number of hydrogen-bond acceptors (Lipinski definition) is 5. The van der Waals surface area contributed by atoms with Gasteiger partial charge in [-0.15, -0.1) is 0 Å². The highest BCUT2D eigenvalue weighted by Crippen LogP contribution is 2.17. The third kappa shape index (κ3) is 5.22. The molecule has 0 aliphatic carbocycles. The van der Waals surface area contributed by atoms with Gasteiger partial charge >= 0.3 is 5.97 Å². The van der Waals surface area contributed by atoms with Crippen molar-refractivity contribution in [1.29, 1.82) is 5.41 Å². The fourth-order valence-electron chi connectivity index (χ4n) is 1.95. The maximum absolute atomic E-state index is 12.5. The van der Waals surface area contributed by atoms with Gasteiger partial charge < -0.3 is 16.6 Å². The van der Waals surface area contributed by atoms with Gasteiger partial charge in [-0.25, -0.2) is 12.7 Å². The lowest BCUT2D eigenvalue weighted by Crippen LogP contribution is -2.42. The summed E-state index contributed by atoms with van der Waals surface area (Å²) in [5, 5.41) is 16.2. The zero-order valence-corrected chi connectivity index (χ0v) is 13.7. The summed E-state index contributed by atoms with van der Waals surface area (Å²) < 4.78 is 25.8. The molecule has 1 aromatic rings. The summed E-state index contributed by atoms with van der Waals surface area (Å²) in [7, 11) is -3.90. The van der Waals surface area contributed by atoms with Crippen molar-refractivity contribution in [2.75, 3.05) is 6.54 Å². The lowest BCUT2D eigenvalue weighted by molar-refractivity contribution is -0.138. The van der Waals surface area contributed by atoms with Crippen LogP contribution in [0.1, 0.15) is 24.8 Å². The zero-order chi connectivity index (χ0) is 17.6. The van der Waals surface area contributed by atoms with Gasteiger partial charge in [0.15, 0.2) is 0 Å². The average Bonchev–Trinajstić information content (AvgIpc) is 2.46. The van der Waals surface area contributed by atoms with E-state index in [1.807, 2.05) is 6.92 Å². The molecule has 0 amide bonds. The molecule has 1 atom stereocenters. The first-order valence-corrected chi connectivity index (χ1v) is 8.52. The summed E-state index contributed by atoms with van der Waals surface area (Å²) in [5.74, 6) is -1.67. The molecule has 23 heavy (non-hydrogen) atoms. The van der Waals surface area contributed by atoms with Gasteiger partial charge in [0, 0.05) is 6.54 Å². The number of nitrogens with two attached hydrogens (primary N) is 2. The monoisotopic (exact) mass is 342 g/mol. The Balaban J connectivity index is 2.76. The summed E-state index contributed by atoms with van der Waals surface area (Å²) in [6.45, 7) is 1.84. The van der Waals surface area contributed by atoms with Crippen molar-refractivity contribution < 1.29 is 18.3 Å². The first-order chi connectivity index (χ1) is 10.7. The molecule has 0 spiro atoms. The predicted molar refractivity (Wildman–Crippen MR) is 86.4 cm³/mol. The Hall–Kier alpha value is -2.13. The number of aryl methyl sites for hydroxylation is 1. The molecule has 1 aromatic carbocycles. The largest absolute Gasteiger partial charge is 0.480 e. The van der Waals surface area contributed by atoms with E-state index in [0.29, 0.717) is 12.8 Å². The maximum atomic E-state index is 12.5. The van der Waals surface area contributed by atoms with Crippen molar-refractivity contribution in [3.05, 3.63) is 29.8 Å². The van der Waals surface area contributed by atoms with Gasteiger partial charge in [-0.05, 0) is 38.3 Å². The van der Waals surface area contributed by atoms with E-state index in [0.717, 1.165) is 9.87 Å². The lowest BCUT2D eigenvalue weighted by Gasteiger charge is -2.22. The summed E-state index contributed by atoms with van der Waals surface area (Å²) in [5.41, 5.74) is 11.7. The number of nitrogens with one attached hydrogen (secondary N) is 1. The number of aliphatic carboxylic acids is 1. The first-order valence-electron chi connectivity index (χ1n) is 7.08. The van der Waals surface area contributed by atoms with Gasteiger partial charge in [0.2, 0.25) is 5.96 Å². The predicted octanol–water partition coefficient (Wildman–Crippen LogP) is 0.461. The first kappa shape index (κ1) is 18.9. The molecule has 128 valence electrons. The van der Waals surface area contributed by atoms with Crippen molar-refractivity contribution in [2.45, 2.75) is 37.1 Å². The van der Waals surface area contributed by atoms with Crippen molar-refractivity contribution in [3.8, 4) is 0 Å². The van der Waals surface area contributed by atoms with E-state index in [1.165, 1.54) is 12.1 Å². The molecule has 8 nitrogen and oxygen atoms in total. The van der Waals surface area contributed by atoms with Crippen molar-refractivity contribution in [3.63, 3.8) is 0 Å². The molecule has 0 aliphatic rings. The third-order valence-electron chi connectivity index (χ3n) is 3.32. The van der Waals surface area contributed by atoms with E-state index in [9.17, 15) is 13.2 Å². The van der Waals surface area contributed by atoms with Crippen LogP contribution in [0.4, 0.5) is 0 Å². The van der Waals surface area contributed by atoms with Gasteiger partial charge in [0.05, 0.1) is 4.90 Å². The molecule has 1 rings (SSSR count). The number of benzene rings is 1. The fourth-order valence-corrected chi connectivity index (χ4v) is 3.31. The standard InChI is InChI=1S/C14H22N4O4S/c1-10-5-7-11(8-6-10)23(21,22)18(14(16)17)9-3-2-4-12(15)13(19)20/h5-8,12H,2-4,9,15H2,1H3,(H3,16,17)(H,19,20)/t12-/m0/s1. The van der Waals surface area contributed by atoms with Crippen molar-refractivity contribution in [1.82, 2.24) is 4.31 Å². The summed E-state index contributed by atoms with van der Waals surface area (Å²) in [6, 6.07) is 5.27. The number of carboxylic acids is 1. The van der Waals surface area contributed by atoms with Crippen LogP contribution in [0.3, 0.4) is 0 Å². The summed E-state index contributed by atoms with van der Waals surface area (Å²) >= 11 is 0. The molecule has 0 saturated carbocycles. The van der Waals surface area contributed by atoms with Crippen LogP contribution in [0.25, 0.3) is 0 Å². The van der Waals surface area contributed by atoms with Crippen LogP contribution in [-0.2, 0) is 14.8 Å². The smallest absolute Gasteiger partial charge is 0.320 e. The molecule has 0 bridgehead atoms. The zero-order valence-electron chi connectivity index (χ0n) is 12.9. The van der Waals surface area contributed by atoms with Gasteiger partial charge in [-0.1, -0.05) is 17.7 Å². The quantitative estimate of drug-likeness (QED) is 0.306. The number of guanidine groups is 1. The molecule has 0 heterocycles. The van der Waals surface area contributed by atoms with E-state index < -0.39 is 28.0 Å². The van der Waals surface area contributed by atoms with Crippen LogP contribution in [-0.4, -0.2) is 42.3 Å². The van der Waals surface area contributed by atoms with E-state index in [1.54, 1.807) is 12.1 Å². The number of unbranched alkanes of at least 4 members (excludes halogenated alkanes) is 1. The molecule has 0 saturated heterocycles. The summed E-state index contributed by atoms with van der Waals surface area (Å²) in [6.07, 6.45) is 0.998. The van der Waals surface area contributed by atoms with E-state index >= 15 is 0 Å². The Morgan fingerprint density at radius 1 is 1.30 bits per heavy atom. The van der Waals surface area contributed by atoms with Crippen LogP contribution in [0.2, 0.25) is 0 Å². The number of sulfonamides is 1. The molecule has 9 heteroatoms. The summed E-state index contributed by atoms with van der Waals surface area (Å²) in [4.78, 5) is 10.7. The van der Waals surface area contributed by atoms with E-state index in [4.69, 9.17) is 22.0 Å². The molecule has 0 unspecified atom stereocenters. The molecule has 0 radical (unpaired) electrons. The Kier molecular flexibility index (Phi) is 6.52. The number of hydrogen-bond donors (Lipinski definition) is 4. The van der Waals surface area contributed by atoms with Gasteiger partial charge in [0.25, 0.3) is 10.0 Å². The van der Waals surface area contributed by atoms with Crippen LogP contribution >= 0.6 is 0 Å². The van der Waals surface area contributed by atoms with Crippen molar-refractivity contribution >= 4 is 22.0 Å². The second-order valence-corrected chi connectivity index (χ2v) is 7.08. The minimum atomic E-state index is -3.90.